The molecule has 1 aromatic rings. The number of hydrogen-bond acceptors (Lipinski definition) is 3. The van der Waals surface area contributed by atoms with Crippen LogP contribution in [0, 0.1) is 0 Å². The first kappa shape index (κ1) is 21.3. The van der Waals surface area contributed by atoms with Crippen molar-refractivity contribution in [1.29, 1.82) is 0 Å². The number of halogens is 5. The Bertz CT molecular complexity index is 244. The van der Waals surface area contributed by atoms with E-state index in [-0.39, 0.29) is 62.6 Å². The van der Waals surface area contributed by atoms with Crippen LogP contribution in [0.15, 0.2) is 0 Å². The van der Waals surface area contributed by atoms with Crippen LogP contribution in [0.3, 0.4) is 0 Å². The van der Waals surface area contributed by atoms with Gasteiger partial charge in [0.25, 0.3) is 0 Å². The van der Waals surface area contributed by atoms with Gasteiger partial charge in [-0.05, 0) is 0 Å². The maximum Gasteiger partial charge on any atom is 3.00 e. The molecule has 0 aliphatic rings. The summed E-state index contributed by atoms with van der Waals surface area (Å²) in [5, 5.41) is 9.01. The number of phenols is 1. The van der Waals surface area contributed by atoms with Crippen molar-refractivity contribution in [3.8, 4) is 5.75 Å². The molecule has 3 nitrogen and oxygen atoms in total. The van der Waals surface area contributed by atoms with Crippen molar-refractivity contribution in [2.75, 3.05) is 0 Å². The molecular formula is C6H7Cl5N2ORh+3. The minimum Gasteiger partial charge on any atom is -0.505 e. The van der Waals surface area contributed by atoms with Crippen molar-refractivity contribution in [3.63, 3.8) is 0 Å². The van der Waals surface area contributed by atoms with Gasteiger partial charge < -0.3 is 17.4 Å². The van der Waals surface area contributed by atoms with Gasteiger partial charge in [-0.2, -0.15) is 0 Å². The van der Waals surface area contributed by atoms with Crippen LogP contribution in [0.2, 0.25) is 25.1 Å². The molecule has 0 unspecified atom stereocenters. The van der Waals surface area contributed by atoms with Crippen LogP contribution in [0.1, 0.15) is 0 Å². The molecule has 7 N–H and O–H groups in total. The van der Waals surface area contributed by atoms with E-state index in [4.69, 9.17) is 58.0 Å². The van der Waals surface area contributed by atoms with Gasteiger partial charge in [-0.3, -0.25) is 0 Å². The van der Waals surface area contributed by atoms with Gasteiger partial charge in [0.1, 0.15) is 10.0 Å². The second-order valence-corrected chi connectivity index (χ2v) is 3.81. The first-order valence-corrected chi connectivity index (χ1v) is 4.56. The SMILES string of the molecule is N.N.Oc1c(Cl)c(Cl)c(Cl)c(Cl)c1Cl.[Rh+3]. The summed E-state index contributed by atoms with van der Waals surface area (Å²) >= 11 is 27.9. The molecule has 0 aromatic heterocycles. The number of aromatic hydroxyl groups is 1. The topological polar surface area (TPSA) is 90.2 Å². The molecule has 15 heavy (non-hydrogen) atoms. The summed E-state index contributed by atoms with van der Waals surface area (Å²) in [6.45, 7) is 0. The van der Waals surface area contributed by atoms with Crippen molar-refractivity contribution >= 4 is 58.0 Å². The molecule has 0 heterocycles. The normalized spacial score (nSPS) is 8.33. The molecule has 0 aliphatic carbocycles. The van der Waals surface area contributed by atoms with E-state index < -0.39 is 0 Å². The third-order valence-electron chi connectivity index (χ3n) is 1.19. The molecular weight excluding hydrogens is 396 g/mol. The Morgan fingerprint density at radius 3 is 1.07 bits per heavy atom. The van der Waals surface area contributed by atoms with Crippen molar-refractivity contribution in [2.45, 2.75) is 0 Å². The zero-order valence-corrected chi connectivity index (χ0v) is 12.5. The molecule has 0 radical (unpaired) electrons. The van der Waals surface area contributed by atoms with Gasteiger partial charge in [0.2, 0.25) is 0 Å². The Labute approximate surface area is 125 Å². The van der Waals surface area contributed by atoms with Gasteiger partial charge in [0.05, 0.1) is 15.1 Å². The molecule has 9 heteroatoms. The molecule has 0 amide bonds. The van der Waals surface area contributed by atoms with E-state index in [0.717, 1.165) is 0 Å². The Kier molecular flexibility index (Phi) is 11.6. The summed E-state index contributed by atoms with van der Waals surface area (Å²) in [5.74, 6) is -0.363. The maximum absolute atomic E-state index is 9.20. The summed E-state index contributed by atoms with van der Waals surface area (Å²) in [7, 11) is 0. The van der Waals surface area contributed by atoms with E-state index in [2.05, 4.69) is 0 Å². The third-order valence-corrected chi connectivity index (χ3v) is 3.44. The molecule has 0 atom stereocenters. The second kappa shape index (κ2) is 8.16. The average Bonchev–Trinajstić information content (AvgIpc) is 2.08. The molecule has 0 fully saturated rings. The van der Waals surface area contributed by atoms with E-state index in [1.165, 1.54) is 0 Å². The van der Waals surface area contributed by atoms with Crippen LogP contribution in [0.4, 0.5) is 0 Å². The minimum absolute atomic E-state index is 0. The number of phenolic OH excluding ortho intramolecular Hbond substituents is 1. The fourth-order valence-electron chi connectivity index (χ4n) is 0.593. The van der Waals surface area contributed by atoms with Crippen molar-refractivity contribution in [3.05, 3.63) is 25.1 Å². The number of benzene rings is 1. The molecule has 0 saturated carbocycles. The van der Waals surface area contributed by atoms with E-state index in [1.54, 1.807) is 0 Å². The Morgan fingerprint density at radius 2 is 0.800 bits per heavy atom. The van der Waals surface area contributed by atoms with Gasteiger partial charge >= 0.3 is 19.5 Å². The van der Waals surface area contributed by atoms with Gasteiger partial charge in [-0.25, -0.2) is 0 Å². The van der Waals surface area contributed by atoms with E-state index in [9.17, 15) is 5.11 Å². The molecule has 0 spiro atoms. The molecule has 88 valence electrons. The van der Waals surface area contributed by atoms with E-state index in [1.807, 2.05) is 0 Å². The van der Waals surface area contributed by atoms with E-state index in [0.29, 0.717) is 0 Å². The van der Waals surface area contributed by atoms with Crippen LogP contribution in [0.25, 0.3) is 0 Å². The van der Waals surface area contributed by atoms with Crippen molar-refractivity contribution < 1.29 is 24.6 Å². The Balaban J connectivity index is -0.000000480. The largest absolute Gasteiger partial charge is 3.00 e. The monoisotopic (exact) mass is 401 g/mol. The predicted molar refractivity (Wildman–Crippen MR) is 63.2 cm³/mol. The molecule has 1 aromatic carbocycles. The summed E-state index contributed by atoms with van der Waals surface area (Å²) in [6, 6.07) is 0. The van der Waals surface area contributed by atoms with Crippen LogP contribution in [-0.2, 0) is 19.5 Å². The van der Waals surface area contributed by atoms with E-state index >= 15 is 0 Å². The molecule has 0 saturated heterocycles. The molecule has 1 rings (SSSR count). The average molecular weight is 403 g/mol. The standard InChI is InChI=1S/C6HCl5O.2H3N.Rh/c7-1-2(8)4(10)6(12)5(11)3(1)9;;;/h12H;2*1H3;/q;;;+3. The van der Waals surface area contributed by atoms with Crippen LogP contribution in [0.5, 0.6) is 5.75 Å². The number of hydrogen-bond donors (Lipinski definition) is 3. The zero-order valence-electron chi connectivity index (χ0n) is 7.08. The van der Waals surface area contributed by atoms with Crippen LogP contribution in [-0.4, -0.2) is 5.11 Å². The van der Waals surface area contributed by atoms with Gasteiger partial charge in [-0.1, -0.05) is 58.0 Å². The zero-order chi connectivity index (χ0) is 9.46. The summed E-state index contributed by atoms with van der Waals surface area (Å²) in [6.07, 6.45) is 0. The van der Waals surface area contributed by atoms with Gasteiger partial charge in [0, 0.05) is 0 Å². The summed E-state index contributed by atoms with van der Waals surface area (Å²) < 4.78 is 0. The fourth-order valence-corrected chi connectivity index (χ4v) is 1.72. The minimum atomic E-state index is -0.363. The first-order valence-electron chi connectivity index (χ1n) is 2.67. The second-order valence-electron chi connectivity index (χ2n) is 1.92. The molecule has 0 aliphatic heterocycles. The summed E-state index contributed by atoms with van der Waals surface area (Å²) in [4.78, 5) is 0. The van der Waals surface area contributed by atoms with Crippen molar-refractivity contribution in [2.24, 2.45) is 0 Å². The van der Waals surface area contributed by atoms with Crippen LogP contribution < -0.4 is 12.3 Å². The van der Waals surface area contributed by atoms with Gasteiger partial charge in [-0.15, -0.1) is 0 Å². The quantitative estimate of drug-likeness (QED) is 0.324. The third kappa shape index (κ3) is 4.06. The first-order chi connectivity index (χ1) is 5.46. The fraction of sp³-hybridized carbons (Fsp3) is 0. The maximum atomic E-state index is 9.20. The smallest absolute Gasteiger partial charge is 0.505 e. The summed E-state index contributed by atoms with van der Waals surface area (Å²) in [5.41, 5.74) is 0. The Morgan fingerprint density at radius 1 is 0.600 bits per heavy atom. The van der Waals surface area contributed by atoms with Crippen LogP contribution >= 0.6 is 58.0 Å². The predicted octanol–water partition coefficient (Wildman–Crippen LogP) is 4.98. The molecule has 0 bridgehead atoms. The Hall–Kier alpha value is 1.01. The number of rotatable bonds is 0. The van der Waals surface area contributed by atoms with Crippen molar-refractivity contribution in [1.82, 2.24) is 12.3 Å². The van der Waals surface area contributed by atoms with Gasteiger partial charge in [0.15, 0.2) is 5.75 Å².